The van der Waals surface area contributed by atoms with Crippen molar-refractivity contribution in [3.8, 4) is 0 Å². The Kier molecular flexibility index (Phi) is 21.9. The predicted octanol–water partition coefficient (Wildman–Crippen LogP) is 5.13. The minimum atomic E-state index is -4.23. The summed E-state index contributed by atoms with van der Waals surface area (Å²) in [6, 6.07) is 0. The highest BCUT2D eigenvalue weighted by atomic mass is 32.3. The first kappa shape index (κ1) is 30.2. The zero-order valence-corrected chi connectivity index (χ0v) is 19.7. The third-order valence-corrected chi connectivity index (χ3v) is 6.80. The number of nitrogens with two attached hydrogens (primary N) is 1. The van der Waals surface area contributed by atoms with Crippen molar-refractivity contribution in [3.63, 3.8) is 0 Å². The van der Waals surface area contributed by atoms with Gasteiger partial charge in [0.05, 0.1) is 6.61 Å². The average Bonchev–Trinajstić information content (AvgIpc) is 2.62. The minimum absolute atomic E-state index is 0.0926. The van der Waals surface area contributed by atoms with E-state index in [1.165, 1.54) is 44.9 Å². The number of hydrogen-bond acceptors (Lipinski definition) is 5. The van der Waals surface area contributed by atoms with Crippen LogP contribution >= 0.6 is 7.37 Å². The molecule has 0 bridgehead atoms. The van der Waals surface area contributed by atoms with Crippen molar-refractivity contribution in [1.29, 1.82) is 0 Å². The van der Waals surface area contributed by atoms with E-state index >= 15 is 0 Å². The summed E-state index contributed by atoms with van der Waals surface area (Å²) < 4.78 is 44.2. The molecule has 0 fully saturated rings. The van der Waals surface area contributed by atoms with Crippen LogP contribution in [0.25, 0.3) is 0 Å². The van der Waals surface area contributed by atoms with Gasteiger partial charge in [0.25, 0.3) is 0 Å². The van der Waals surface area contributed by atoms with Crippen molar-refractivity contribution >= 4 is 17.8 Å². The molecule has 1 atom stereocenters. The summed E-state index contributed by atoms with van der Waals surface area (Å²) in [4.78, 5) is 9.28. The first-order chi connectivity index (χ1) is 13.2. The first-order valence-corrected chi connectivity index (χ1v) is 14.2. The van der Waals surface area contributed by atoms with Crippen molar-refractivity contribution in [1.82, 2.24) is 0 Å². The molecule has 0 spiro atoms. The Morgan fingerprint density at radius 2 is 1.21 bits per heavy atom. The van der Waals surface area contributed by atoms with Crippen molar-refractivity contribution in [2.45, 2.75) is 97.3 Å². The smallest absolute Gasteiger partial charge is 0.344 e. The van der Waals surface area contributed by atoms with Gasteiger partial charge in [0.15, 0.2) is 0 Å². The fourth-order valence-corrected chi connectivity index (χ4v) is 4.65. The summed E-state index contributed by atoms with van der Waals surface area (Å²) in [5, 5.41) is 0. The molecule has 0 rings (SSSR count). The summed E-state index contributed by atoms with van der Waals surface area (Å²) in [6.45, 7) is 4.84. The Labute approximate surface area is 173 Å². The van der Waals surface area contributed by atoms with Gasteiger partial charge in [-0.2, -0.15) is 8.42 Å². The van der Waals surface area contributed by atoms with Gasteiger partial charge in [0, 0.05) is 12.3 Å². The molecule has 0 saturated heterocycles. The topological polar surface area (TPSA) is 127 Å². The zero-order chi connectivity index (χ0) is 21.7. The average molecular weight is 446 g/mol. The normalized spacial score (nSPS) is 13.6. The molecule has 0 aromatic heterocycles. The Hall–Kier alpha value is 0.0200. The first-order valence-electron chi connectivity index (χ1n) is 10.8. The fraction of sp³-hybridized carbons (Fsp3) is 1.00. The molecule has 7 nitrogen and oxygen atoms in total. The van der Waals surface area contributed by atoms with E-state index in [0.717, 1.165) is 25.7 Å². The van der Waals surface area contributed by atoms with Crippen LogP contribution in [0, 0.1) is 0 Å². The molecule has 9 heteroatoms. The second kappa shape index (κ2) is 20.3. The SMILES string of the molecule is CCCCCCCCCCCCOS(=O)(=O)O.CCCCP(=O)(O)CCCN. The van der Waals surface area contributed by atoms with Gasteiger partial charge < -0.3 is 10.6 Å². The van der Waals surface area contributed by atoms with Crippen LogP contribution in [0.1, 0.15) is 97.3 Å². The van der Waals surface area contributed by atoms with Gasteiger partial charge in [-0.1, -0.05) is 78.1 Å². The standard InChI is InChI=1S/C12H26O4S.C7H18NO2P/c1-2-3-4-5-6-7-8-9-10-11-12-16-17(13,14)15;1-2-3-6-11(9,10)7-4-5-8/h2-12H2,1H3,(H,13,14,15);2-8H2,1H3,(H,9,10). The molecule has 0 aromatic rings. The second-order valence-corrected chi connectivity index (χ2v) is 10.9. The lowest BCUT2D eigenvalue weighted by atomic mass is 10.1. The van der Waals surface area contributed by atoms with E-state index in [1.54, 1.807) is 0 Å². The summed E-state index contributed by atoms with van der Waals surface area (Å²) in [5.74, 6) is 0. The molecular formula is C19H44NO6PS. The predicted molar refractivity (Wildman–Crippen MR) is 117 cm³/mol. The van der Waals surface area contributed by atoms with E-state index in [0.29, 0.717) is 31.7 Å². The Morgan fingerprint density at radius 1 is 0.786 bits per heavy atom. The lowest BCUT2D eigenvalue weighted by Crippen LogP contribution is -2.04. The van der Waals surface area contributed by atoms with E-state index in [-0.39, 0.29) is 6.61 Å². The monoisotopic (exact) mass is 445 g/mol. The van der Waals surface area contributed by atoms with E-state index in [1.807, 2.05) is 6.92 Å². The second-order valence-electron chi connectivity index (χ2n) is 7.22. The van der Waals surface area contributed by atoms with Crippen LogP contribution in [0.5, 0.6) is 0 Å². The highest BCUT2D eigenvalue weighted by Crippen LogP contribution is 2.41. The van der Waals surface area contributed by atoms with Gasteiger partial charge >= 0.3 is 10.4 Å². The summed E-state index contributed by atoms with van der Waals surface area (Å²) in [7, 11) is -7.04. The number of rotatable bonds is 18. The molecule has 28 heavy (non-hydrogen) atoms. The van der Waals surface area contributed by atoms with Gasteiger partial charge in [0.2, 0.25) is 7.37 Å². The molecule has 1 unspecified atom stereocenters. The van der Waals surface area contributed by atoms with Crippen molar-refractivity contribution in [3.05, 3.63) is 0 Å². The number of hydrogen-bond donors (Lipinski definition) is 3. The molecule has 0 aromatic carbocycles. The van der Waals surface area contributed by atoms with E-state index < -0.39 is 17.8 Å². The minimum Gasteiger partial charge on any atom is -0.344 e. The van der Waals surface area contributed by atoms with Gasteiger partial charge in [-0.3, -0.25) is 9.12 Å². The maximum Gasteiger partial charge on any atom is 0.397 e. The molecule has 0 aliphatic heterocycles. The van der Waals surface area contributed by atoms with Crippen molar-refractivity contribution in [2.75, 3.05) is 25.5 Å². The summed E-state index contributed by atoms with van der Waals surface area (Å²) in [6.07, 6.45) is 15.2. The van der Waals surface area contributed by atoms with Gasteiger partial charge in [-0.25, -0.2) is 4.18 Å². The Morgan fingerprint density at radius 3 is 1.64 bits per heavy atom. The zero-order valence-electron chi connectivity index (χ0n) is 18.0. The maximum absolute atomic E-state index is 11.2. The third-order valence-electron chi connectivity index (χ3n) is 4.30. The molecule has 0 amide bonds. The molecule has 0 radical (unpaired) electrons. The largest absolute Gasteiger partial charge is 0.397 e. The van der Waals surface area contributed by atoms with Gasteiger partial charge in [-0.15, -0.1) is 0 Å². The Balaban J connectivity index is 0. The van der Waals surface area contributed by atoms with Crippen LogP contribution in [0.3, 0.4) is 0 Å². The fourth-order valence-electron chi connectivity index (χ4n) is 2.61. The summed E-state index contributed by atoms with van der Waals surface area (Å²) in [5.41, 5.74) is 5.23. The van der Waals surface area contributed by atoms with Crippen LogP contribution in [-0.4, -0.2) is 43.3 Å². The molecule has 0 saturated carbocycles. The molecule has 172 valence electrons. The molecular weight excluding hydrogens is 401 g/mol. The summed E-state index contributed by atoms with van der Waals surface area (Å²) >= 11 is 0. The molecule has 0 aliphatic rings. The van der Waals surface area contributed by atoms with Crippen molar-refractivity contribution in [2.24, 2.45) is 5.73 Å². The lowest BCUT2D eigenvalue weighted by Gasteiger charge is -2.09. The number of unbranched alkanes of at least 4 members (excludes halogenated alkanes) is 10. The highest BCUT2D eigenvalue weighted by Gasteiger charge is 2.15. The quantitative estimate of drug-likeness (QED) is 0.151. The van der Waals surface area contributed by atoms with Crippen LogP contribution < -0.4 is 5.73 Å². The van der Waals surface area contributed by atoms with E-state index in [4.69, 9.17) is 10.3 Å². The third kappa shape index (κ3) is 28.2. The van der Waals surface area contributed by atoms with E-state index in [9.17, 15) is 17.9 Å². The van der Waals surface area contributed by atoms with Crippen LogP contribution in [0.15, 0.2) is 0 Å². The van der Waals surface area contributed by atoms with E-state index in [2.05, 4.69) is 11.1 Å². The van der Waals surface area contributed by atoms with Crippen LogP contribution in [0.2, 0.25) is 0 Å². The highest BCUT2D eigenvalue weighted by molar-refractivity contribution is 7.80. The molecule has 0 aliphatic carbocycles. The lowest BCUT2D eigenvalue weighted by molar-refractivity contribution is 0.261. The maximum atomic E-state index is 11.2. The Bertz CT molecular complexity index is 461. The van der Waals surface area contributed by atoms with Crippen LogP contribution in [-0.2, 0) is 19.1 Å². The molecule has 0 heterocycles. The van der Waals surface area contributed by atoms with Gasteiger partial charge in [-0.05, 0) is 25.8 Å². The van der Waals surface area contributed by atoms with Crippen LogP contribution in [0.4, 0.5) is 0 Å². The van der Waals surface area contributed by atoms with Crippen molar-refractivity contribution < 1.29 is 26.6 Å². The molecule has 4 N–H and O–H groups in total. The van der Waals surface area contributed by atoms with Gasteiger partial charge in [0.1, 0.15) is 0 Å².